The maximum absolute atomic E-state index is 5.87. The summed E-state index contributed by atoms with van der Waals surface area (Å²) < 4.78 is 7.05. The molecule has 1 aromatic carbocycles. The molecule has 0 aliphatic rings. The third-order valence-electron chi connectivity index (χ3n) is 2.65. The van der Waals surface area contributed by atoms with Crippen molar-refractivity contribution in [2.45, 2.75) is 6.92 Å². The number of ether oxygens (including phenoxy) is 1. The van der Waals surface area contributed by atoms with E-state index in [4.69, 9.17) is 10.5 Å². The molecule has 1 heterocycles. The molecule has 0 amide bonds. The summed E-state index contributed by atoms with van der Waals surface area (Å²) in [7, 11) is 1.62. The van der Waals surface area contributed by atoms with E-state index in [0.29, 0.717) is 11.5 Å². The Bertz CT molecular complexity index is 617. The molecule has 19 heavy (non-hydrogen) atoms. The van der Waals surface area contributed by atoms with Crippen LogP contribution in [0.1, 0.15) is 5.56 Å². The number of methoxy groups -OCH3 is 1. The molecule has 4 nitrogen and oxygen atoms in total. The fourth-order valence-electron chi connectivity index (χ4n) is 1.53. The summed E-state index contributed by atoms with van der Waals surface area (Å²) >= 11 is 6.92. The van der Waals surface area contributed by atoms with E-state index in [1.165, 1.54) is 0 Å². The van der Waals surface area contributed by atoms with Gasteiger partial charge in [0.25, 0.3) is 0 Å². The van der Waals surface area contributed by atoms with E-state index >= 15 is 0 Å². The molecule has 6 heteroatoms. The summed E-state index contributed by atoms with van der Waals surface area (Å²) in [5.41, 5.74) is 8.39. The van der Waals surface area contributed by atoms with E-state index in [9.17, 15) is 0 Å². The van der Waals surface area contributed by atoms with Crippen LogP contribution in [0.15, 0.2) is 33.3 Å². The van der Waals surface area contributed by atoms with Crippen LogP contribution in [0.5, 0.6) is 5.75 Å². The predicted octanol–water partition coefficient (Wildman–Crippen LogP) is 4.25. The number of aryl methyl sites for hydroxylation is 1. The lowest BCUT2D eigenvalue weighted by Gasteiger charge is -2.12. The van der Waals surface area contributed by atoms with Gasteiger partial charge in [0.1, 0.15) is 11.6 Å². The SMILES string of the molecule is COc1cc(Nc2cc(N)c(C)cn2)c(Br)cc1Br. The first-order valence-electron chi connectivity index (χ1n) is 5.53. The van der Waals surface area contributed by atoms with Gasteiger partial charge >= 0.3 is 0 Å². The third-order valence-corrected chi connectivity index (χ3v) is 3.92. The predicted molar refractivity (Wildman–Crippen MR) is 85.1 cm³/mol. The van der Waals surface area contributed by atoms with E-state index in [0.717, 1.165) is 25.9 Å². The van der Waals surface area contributed by atoms with E-state index in [1.807, 2.05) is 19.1 Å². The number of benzene rings is 1. The van der Waals surface area contributed by atoms with Gasteiger partial charge in [0, 0.05) is 28.5 Å². The summed E-state index contributed by atoms with van der Waals surface area (Å²) in [6, 6.07) is 5.60. The van der Waals surface area contributed by atoms with E-state index in [1.54, 1.807) is 19.4 Å². The van der Waals surface area contributed by atoms with Gasteiger partial charge in [-0.15, -0.1) is 0 Å². The maximum Gasteiger partial charge on any atom is 0.135 e. The van der Waals surface area contributed by atoms with Crippen LogP contribution in [0, 0.1) is 6.92 Å². The molecule has 0 atom stereocenters. The zero-order valence-corrected chi connectivity index (χ0v) is 13.7. The molecular weight excluding hydrogens is 374 g/mol. The number of rotatable bonds is 3. The van der Waals surface area contributed by atoms with Crippen LogP contribution in [-0.2, 0) is 0 Å². The van der Waals surface area contributed by atoms with Crippen LogP contribution in [0.2, 0.25) is 0 Å². The highest BCUT2D eigenvalue weighted by Crippen LogP contribution is 2.35. The van der Waals surface area contributed by atoms with Crippen LogP contribution < -0.4 is 15.8 Å². The lowest BCUT2D eigenvalue weighted by atomic mass is 10.2. The summed E-state index contributed by atoms with van der Waals surface area (Å²) in [6.45, 7) is 1.92. The van der Waals surface area contributed by atoms with Crippen molar-refractivity contribution in [2.24, 2.45) is 0 Å². The lowest BCUT2D eigenvalue weighted by molar-refractivity contribution is 0.412. The van der Waals surface area contributed by atoms with Crippen molar-refractivity contribution in [3.8, 4) is 5.75 Å². The summed E-state index contributed by atoms with van der Waals surface area (Å²) in [4.78, 5) is 4.29. The lowest BCUT2D eigenvalue weighted by Crippen LogP contribution is -1.98. The topological polar surface area (TPSA) is 60.2 Å². The molecule has 0 aliphatic carbocycles. The minimum atomic E-state index is 0.688. The van der Waals surface area contributed by atoms with Gasteiger partial charge in [-0.2, -0.15) is 0 Å². The fourth-order valence-corrected chi connectivity index (χ4v) is 2.78. The Labute approximate surface area is 128 Å². The second kappa shape index (κ2) is 5.79. The Hall–Kier alpha value is -1.27. The van der Waals surface area contributed by atoms with Crippen molar-refractivity contribution in [1.82, 2.24) is 4.98 Å². The third kappa shape index (κ3) is 3.19. The highest BCUT2D eigenvalue weighted by Gasteiger charge is 2.08. The smallest absolute Gasteiger partial charge is 0.135 e. The van der Waals surface area contributed by atoms with Gasteiger partial charge < -0.3 is 15.8 Å². The number of halogens is 2. The van der Waals surface area contributed by atoms with Gasteiger partial charge in [0.2, 0.25) is 0 Å². The molecule has 0 fully saturated rings. The second-order valence-corrected chi connectivity index (χ2v) is 5.73. The Morgan fingerprint density at radius 1 is 1.21 bits per heavy atom. The number of nitrogens with zero attached hydrogens (tertiary/aromatic N) is 1. The van der Waals surface area contributed by atoms with Crippen molar-refractivity contribution >= 4 is 49.1 Å². The molecule has 2 aromatic rings. The van der Waals surface area contributed by atoms with Gasteiger partial charge in [-0.25, -0.2) is 4.98 Å². The van der Waals surface area contributed by atoms with Crippen molar-refractivity contribution in [3.63, 3.8) is 0 Å². The first-order valence-corrected chi connectivity index (χ1v) is 7.12. The minimum Gasteiger partial charge on any atom is -0.495 e. The number of nitrogen functional groups attached to an aromatic ring is 1. The quantitative estimate of drug-likeness (QED) is 0.827. The van der Waals surface area contributed by atoms with Crippen LogP contribution in [0.3, 0.4) is 0 Å². The molecule has 3 N–H and O–H groups in total. The Morgan fingerprint density at radius 2 is 1.95 bits per heavy atom. The summed E-state index contributed by atoms with van der Waals surface area (Å²) in [5.74, 6) is 1.43. The van der Waals surface area contributed by atoms with Gasteiger partial charge in [-0.3, -0.25) is 0 Å². The summed E-state index contributed by atoms with van der Waals surface area (Å²) in [6.07, 6.45) is 1.74. The monoisotopic (exact) mass is 385 g/mol. The zero-order chi connectivity index (χ0) is 14.0. The largest absolute Gasteiger partial charge is 0.495 e. The average molecular weight is 387 g/mol. The molecule has 0 unspecified atom stereocenters. The van der Waals surface area contributed by atoms with Crippen LogP contribution in [0.4, 0.5) is 17.2 Å². The molecule has 0 radical (unpaired) electrons. The van der Waals surface area contributed by atoms with Gasteiger partial charge in [-0.05, 0) is 50.4 Å². The van der Waals surface area contributed by atoms with Crippen molar-refractivity contribution in [1.29, 1.82) is 0 Å². The molecule has 2 rings (SSSR count). The van der Waals surface area contributed by atoms with Gasteiger partial charge in [0.15, 0.2) is 0 Å². The van der Waals surface area contributed by atoms with Crippen molar-refractivity contribution < 1.29 is 4.74 Å². The maximum atomic E-state index is 5.87. The standard InChI is InChI=1S/C13H13Br2N3O/c1-7-6-17-13(4-10(7)16)18-11-5-12(19-2)9(15)3-8(11)14/h3-6H,1-2H3,(H3,16,17,18). The van der Waals surface area contributed by atoms with Crippen molar-refractivity contribution in [3.05, 3.63) is 38.9 Å². The normalized spacial score (nSPS) is 10.3. The van der Waals surface area contributed by atoms with Gasteiger partial charge in [0.05, 0.1) is 17.3 Å². The molecule has 0 saturated heterocycles. The van der Waals surface area contributed by atoms with E-state index < -0.39 is 0 Å². The molecule has 0 aliphatic heterocycles. The molecule has 0 saturated carbocycles. The Balaban J connectivity index is 2.34. The molecule has 100 valence electrons. The van der Waals surface area contributed by atoms with Gasteiger partial charge in [-0.1, -0.05) is 0 Å². The Morgan fingerprint density at radius 3 is 2.58 bits per heavy atom. The highest BCUT2D eigenvalue weighted by molar-refractivity contribution is 9.11. The molecule has 1 aromatic heterocycles. The fraction of sp³-hybridized carbons (Fsp3) is 0.154. The molecule has 0 bridgehead atoms. The number of pyridine rings is 1. The number of nitrogens with one attached hydrogen (secondary N) is 1. The van der Waals surface area contributed by atoms with Crippen molar-refractivity contribution in [2.75, 3.05) is 18.2 Å². The zero-order valence-electron chi connectivity index (χ0n) is 10.5. The molecule has 0 spiro atoms. The number of hydrogen-bond acceptors (Lipinski definition) is 4. The number of hydrogen-bond donors (Lipinski definition) is 2. The highest BCUT2D eigenvalue weighted by atomic mass is 79.9. The van der Waals surface area contributed by atoms with E-state index in [2.05, 4.69) is 42.2 Å². The first kappa shape index (κ1) is 14.1. The molecular formula is C13H13Br2N3O. The number of anilines is 3. The Kier molecular flexibility index (Phi) is 4.31. The average Bonchev–Trinajstić information content (AvgIpc) is 2.37. The van der Waals surface area contributed by atoms with Crippen LogP contribution >= 0.6 is 31.9 Å². The van der Waals surface area contributed by atoms with E-state index in [-0.39, 0.29) is 0 Å². The van der Waals surface area contributed by atoms with Crippen LogP contribution in [0.25, 0.3) is 0 Å². The summed E-state index contributed by atoms with van der Waals surface area (Å²) in [5, 5.41) is 3.20. The minimum absolute atomic E-state index is 0.688. The number of nitrogens with two attached hydrogens (primary N) is 1. The van der Waals surface area contributed by atoms with Crippen LogP contribution in [-0.4, -0.2) is 12.1 Å². The second-order valence-electron chi connectivity index (χ2n) is 4.02. The first-order chi connectivity index (χ1) is 9.01. The number of aromatic nitrogens is 1.